The number of rotatable bonds is 5. The number of nitrogens with zero attached hydrogens (tertiary/aromatic N) is 2. The average molecular weight is 371 g/mol. The minimum absolute atomic E-state index is 0.0405. The molecule has 1 heterocycles. The first kappa shape index (κ1) is 17.7. The second kappa shape index (κ2) is 6.64. The van der Waals surface area contributed by atoms with E-state index in [2.05, 4.69) is 9.82 Å². The third kappa shape index (κ3) is 3.45. The van der Waals surface area contributed by atoms with Gasteiger partial charge in [0.1, 0.15) is 0 Å². The van der Waals surface area contributed by atoms with E-state index in [0.717, 1.165) is 0 Å². The van der Waals surface area contributed by atoms with Crippen LogP contribution in [-0.2, 0) is 10.0 Å². The maximum atomic E-state index is 12.8. The quantitative estimate of drug-likeness (QED) is 0.718. The van der Waals surface area contributed by atoms with Gasteiger partial charge in [-0.3, -0.25) is 4.72 Å². The van der Waals surface area contributed by atoms with Crippen molar-refractivity contribution in [1.29, 1.82) is 0 Å². The number of hydrogen-bond donors (Lipinski definition) is 2. The third-order valence-corrected chi connectivity index (χ3v) is 5.43. The lowest BCUT2D eigenvalue weighted by Crippen LogP contribution is -2.16. The van der Waals surface area contributed by atoms with Crippen molar-refractivity contribution >= 4 is 21.7 Å². The fourth-order valence-corrected chi connectivity index (χ4v) is 4.00. The highest BCUT2D eigenvalue weighted by Gasteiger charge is 2.21. The summed E-state index contributed by atoms with van der Waals surface area (Å²) < 4.78 is 29.7. The standard InChI is InChI=1S/C18H17N3O4S/c1-12-9-13(2)17(11-16(12)18(22)23)26(24,25)20-14-5-3-6-15(10-14)21-8-4-7-19-21/h3-11,20H,1-2H3,(H,22,23). The number of carboxylic acids is 1. The van der Waals surface area contributed by atoms with E-state index in [1.165, 1.54) is 6.07 Å². The number of carboxylic acid groups (broad SMARTS) is 1. The van der Waals surface area contributed by atoms with E-state index in [-0.39, 0.29) is 10.5 Å². The number of hydrogen-bond acceptors (Lipinski definition) is 4. The summed E-state index contributed by atoms with van der Waals surface area (Å²) in [6.07, 6.45) is 3.37. The Balaban J connectivity index is 1.99. The average Bonchev–Trinajstić information content (AvgIpc) is 3.08. The summed E-state index contributed by atoms with van der Waals surface area (Å²) >= 11 is 0. The summed E-state index contributed by atoms with van der Waals surface area (Å²) in [6, 6.07) is 11.3. The second-order valence-electron chi connectivity index (χ2n) is 5.84. The Bertz CT molecular complexity index is 1070. The molecule has 0 atom stereocenters. The first-order valence-corrected chi connectivity index (χ1v) is 9.24. The lowest BCUT2D eigenvalue weighted by molar-refractivity contribution is 0.0696. The molecule has 2 N–H and O–H groups in total. The smallest absolute Gasteiger partial charge is 0.335 e. The number of anilines is 1. The first-order chi connectivity index (χ1) is 12.3. The number of nitrogens with one attached hydrogen (secondary N) is 1. The molecule has 0 bridgehead atoms. The molecule has 0 unspecified atom stereocenters. The SMILES string of the molecule is Cc1cc(C)c(S(=O)(=O)Nc2cccc(-n3cccn3)c2)cc1C(=O)O. The number of aromatic carboxylic acids is 1. The number of carbonyl (C=O) groups is 1. The molecular formula is C18H17N3O4S. The molecule has 0 aliphatic carbocycles. The van der Waals surface area contributed by atoms with Crippen molar-refractivity contribution in [1.82, 2.24) is 9.78 Å². The molecule has 0 saturated heterocycles. The van der Waals surface area contributed by atoms with Crippen LogP contribution in [-0.4, -0.2) is 29.3 Å². The Kier molecular flexibility index (Phi) is 4.52. The van der Waals surface area contributed by atoms with Crippen molar-refractivity contribution in [2.45, 2.75) is 18.7 Å². The number of sulfonamides is 1. The van der Waals surface area contributed by atoms with Gasteiger partial charge in [0.25, 0.3) is 10.0 Å². The van der Waals surface area contributed by atoms with Crippen LogP contribution in [0.25, 0.3) is 5.69 Å². The number of aryl methyl sites for hydroxylation is 2. The molecule has 134 valence electrons. The van der Waals surface area contributed by atoms with Crippen LogP contribution >= 0.6 is 0 Å². The second-order valence-corrected chi connectivity index (χ2v) is 7.50. The molecule has 1 aromatic heterocycles. The van der Waals surface area contributed by atoms with Gasteiger partial charge in [-0.05, 0) is 55.3 Å². The lowest BCUT2D eigenvalue weighted by atomic mass is 10.1. The van der Waals surface area contributed by atoms with Crippen molar-refractivity contribution in [3.8, 4) is 5.69 Å². The van der Waals surface area contributed by atoms with Crippen molar-refractivity contribution in [3.63, 3.8) is 0 Å². The van der Waals surface area contributed by atoms with Gasteiger partial charge in [0.15, 0.2) is 0 Å². The highest BCUT2D eigenvalue weighted by Crippen LogP contribution is 2.24. The van der Waals surface area contributed by atoms with Gasteiger partial charge in [-0.2, -0.15) is 5.10 Å². The Morgan fingerprint density at radius 3 is 2.54 bits per heavy atom. The van der Waals surface area contributed by atoms with E-state index >= 15 is 0 Å². The topological polar surface area (TPSA) is 101 Å². The molecule has 26 heavy (non-hydrogen) atoms. The van der Waals surface area contributed by atoms with Crippen molar-refractivity contribution in [3.05, 3.63) is 71.5 Å². The number of aromatic nitrogens is 2. The van der Waals surface area contributed by atoms with Crippen LogP contribution in [0.5, 0.6) is 0 Å². The Morgan fingerprint density at radius 1 is 1.12 bits per heavy atom. The van der Waals surface area contributed by atoms with Crippen molar-refractivity contribution < 1.29 is 18.3 Å². The van der Waals surface area contributed by atoms with Gasteiger partial charge in [-0.25, -0.2) is 17.9 Å². The fraction of sp³-hybridized carbons (Fsp3) is 0.111. The molecule has 0 saturated carbocycles. The van der Waals surface area contributed by atoms with Crippen LogP contribution in [0.15, 0.2) is 59.8 Å². The highest BCUT2D eigenvalue weighted by atomic mass is 32.2. The molecule has 7 nitrogen and oxygen atoms in total. The minimum atomic E-state index is -3.95. The zero-order valence-electron chi connectivity index (χ0n) is 14.2. The van der Waals surface area contributed by atoms with Gasteiger partial charge in [-0.15, -0.1) is 0 Å². The molecule has 0 aliphatic rings. The van der Waals surface area contributed by atoms with Gasteiger partial charge >= 0.3 is 5.97 Å². The summed E-state index contributed by atoms with van der Waals surface area (Å²) in [6.45, 7) is 3.27. The monoisotopic (exact) mass is 371 g/mol. The molecule has 0 radical (unpaired) electrons. The third-order valence-electron chi connectivity index (χ3n) is 3.91. The Hall–Kier alpha value is -3.13. The van der Waals surface area contributed by atoms with E-state index < -0.39 is 16.0 Å². The fourth-order valence-electron chi connectivity index (χ4n) is 2.70. The van der Waals surface area contributed by atoms with Gasteiger partial charge < -0.3 is 5.11 Å². The molecule has 0 fully saturated rings. The molecular weight excluding hydrogens is 354 g/mol. The molecule has 8 heteroatoms. The summed E-state index contributed by atoms with van der Waals surface area (Å²) in [5, 5.41) is 13.4. The molecule has 3 aromatic rings. The van der Waals surface area contributed by atoms with Gasteiger partial charge in [-0.1, -0.05) is 12.1 Å². The highest BCUT2D eigenvalue weighted by molar-refractivity contribution is 7.92. The van der Waals surface area contributed by atoms with Gasteiger partial charge in [0.2, 0.25) is 0 Å². The maximum absolute atomic E-state index is 12.8. The Labute approximate surface area is 151 Å². The minimum Gasteiger partial charge on any atom is -0.478 e. The van der Waals surface area contributed by atoms with Gasteiger partial charge in [0, 0.05) is 12.4 Å². The van der Waals surface area contributed by atoms with Crippen LogP contribution in [0.4, 0.5) is 5.69 Å². The molecule has 0 amide bonds. The zero-order valence-corrected chi connectivity index (χ0v) is 15.0. The molecule has 0 spiro atoms. The number of benzene rings is 2. The maximum Gasteiger partial charge on any atom is 0.335 e. The predicted octanol–water partition coefficient (Wildman–Crippen LogP) is 2.99. The van der Waals surface area contributed by atoms with E-state index in [0.29, 0.717) is 22.5 Å². The molecule has 3 rings (SSSR count). The summed E-state index contributed by atoms with van der Waals surface area (Å²) in [4.78, 5) is 11.3. The van der Waals surface area contributed by atoms with Gasteiger partial charge in [0.05, 0.1) is 21.8 Å². The summed E-state index contributed by atoms with van der Waals surface area (Å²) in [5.41, 5.74) is 2.00. The van der Waals surface area contributed by atoms with Crippen molar-refractivity contribution in [2.24, 2.45) is 0 Å². The Morgan fingerprint density at radius 2 is 1.88 bits per heavy atom. The molecule has 2 aromatic carbocycles. The zero-order chi connectivity index (χ0) is 18.9. The van der Waals surface area contributed by atoms with E-state index in [9.17, 15) is 18.3 Å². The lowest BCUT2D eigenvalue weighted by Gasteiger charge is -2.13. The van der Waals surface area contributed by atoms with E-state index in [1.54, 1.807) is 67.3 Å². The van der Waals surface area contributed by atoms with Crippen LogP contribution in [0.2, 0.25) is 0 Å². The van der Waals surface area contributed by atoms with Crippen LogP contribution < -0.4 is 4.72 Å². The van der Waals surface area contributed by atoms with Crippen LogP contribution in [0, 0.1) is 13.8 Å². The van der Waals surface area contributed by atoms with Crippen LogP contribution in [0.1, 0.15) is 21.5 Å². The van der Waals surface area contributed by atoms with E-state index in [1.807, 2.05) is 0 Å². The van der Waals surface area contributed by atoms with E-state index in [4.69, 9.17) is 0 Å². The summed E-state index contributed by atoms with van der Waals surface area (Å²) in [5.74, 6) is -1.17. The predicted molar refractivity (Wildman–Crippen MR) is 97.2 cm³/mol. The first-order valence-electron chi connectivity index (χ1n) is 7.75. The molecule has 0 aliphatic heterocycles. The largest absolute Gasteiger partial charge is 0.478 e. The normalized spacial score (nSPS) is 11.3. The van der Waals surface area contributed by atoms with Crippen molar-refractivity contribution in [2.75, 3.05) is 4.72 Å². The summed E-state index contributed by atoms with van der Waals surface area (Å²) in [7, 11) is -3.95. The van der Waals surface area contributed by atoms with Crippen LogP contribution in [0.3, 0.4) is 0 Å².